The molecular weight excluding hydrogens is 232 g/mol. The quantitative estimate of drug-likeness (QED) is 0.459. The Morgan fingerprint density at radius 1 is 1.00 bits per heavy atom. The predicted molar refractivity (Wildman–Crippen MR) is 70.6 cm³/mol. The summed E-state index contributed by atoms with van der Waals surface area (Å²) >= 11 is 9.78. The van der Waals surface area contributed by atoms with Crippen molar-refractivity contribution in [1.82, 2.24) is 0 Å². The van der Waals surface area contributed by atoms with Gasteiger partial charge in [-0.2, -0.15) is 0 Å². The Morgan fingerprint density at radius 2 is 1.71 bits per heavy atom. The van der Waals surface area contributed by atoms with Crippen molar-refractivity contribution in [2.45, 2.75) is 64.9 Å². The zero-order valence-corrected chi connectivity index (χ0v) is 11.6. The summed E-state index contributed by atoms with van der Waals surface area (Å²) in [6.45, 7) is 4.40. The Balaban J connectivity index is 3.61. The molecule has 1 atom stereocenters. The lowest BCUT2D eigenvalue weighted by Gasteiger charge is -2.20. The van der Waals surface area contributed by atoms with Crippen LogP contribution < -0.4 is 0 Å². The van der Waals surface area contributed by atoms with E-state index >= 15 is 0 Å². The summed E-state index contributed by atoms with van der Waals surface area (Å²) in [5.74, 6) is 0. The first-order chi connectivity index (χ1) is 6.70. The molecule has 1 nitrogen and oxygen atoms in total. The van der Waals surface area contributed by atoms with Gasteiger partial charge in [-0.3, -0.25) is 0 Å². The van der Waals surface area contributed by atoms with Crippen LogP contribution in [0.5, 0.6) is 0 Å². The van der Waals surface area contributed by atoms with E-state index in [1.54, 1.807) is 0 Å². The van der Waals surface area contributed by atoms with Gasteiger partial charge >= 0.3 is 0 Å². The second kappa shape index (κ2) is 10.3. The van der Waals surface area contributed by atoms with Crippen molar-refractivity contribution < 1.29 is 4.18 Å². The van der Waals surface area contributed by atoms with Crippen LogP contribution in [0.4, 0.5) is 0 Å². The smallest absolute Gasteiger partial charge is 0.0348 e. The van der Waals surface area contributed by atoms with Gasteiger partial charge in [0, 0.05) is 6.10 Å². The number of hydrogen-bond donors (Lipinski definition) is 0. The van der Waals surface area contributed by atoms with Gasteiger partial charge < -0.3 is 4.18 Å². The molecule has 0 amide bonds. The molecule has 0 aliphatic carbocycles. The van der Waals surface area contributed by atoms with Gasteiger partial charge in [0.1, 0.15) is 0 Å². The molecule has 0 bridgehead atoms. The van der Waals surface area contributed by atoms with E-state index in [4.69, 9.17) is 26.6 Å². The van der Waals surface area contributed by atoms with E-state index in [2.05, 4.69) is 13.8 Å². The molecule has 0 radical (unpaired) electrons. The number of rotatable bonds is 9. The van der Waals surface area contributed by atoms with Crippen LogP contribution in [0.3, 0.4) is 0 Å². The van der Waals surface area contributed by atoms with E-state index in [0.717, 1.165) is 19.3 Å². The van der Waals surface area contributed by atoms with Crippen molar-refractivity contribution in [2.75, 3.05) is 0 Å². The van der Waals surface area contributed by atoms with Crippen LogP contribution in [0.2, 0.25) is 0 Å². The zero-order valence-electron chi connectivity index (χ0n) is 9.16. The maximum Gasteiger partial charge on any atom is 0.0348 e. The topological polar surface area (TPSA) is 9.23 Å². The van der Waals surface area contributed by atoms with Crippen LogP contribution in [0.25, 0.3) is 0 Å². The van der Waals surface area contributed by atoms with E-state index in [1.165, 1.54) is 25.7 Å². The summed E-state index contributed by atoms with van der Waals surface area (Å²) in [5.41, 5.74) is 0. The third kappa shape index (κ3) is 9.31. The highest BCUT2D eigenvalue weighted by molar-refractivity contribution is 8.44. The first-order valence-electron chi connectivity index (χ1n) is 5.47. The largest absolute Gasteiger partial charge is 0.464 e. The fourth-order valence-electron chi connectivity index (χ4n) is 1.47. The molecule has 86 valence electrons. The molecule has 0 rings (SSSR count). The minimum absolute atomic E-state index is 0.315. The Bertz CT molecular complexity index is 182. The fraction of sp³-hybridized carbons (Fsp3) is 1.00. The predicted octanol–water partition coefficient (Wildman–Crippen LogP) is 3.60. The molecule has 0 spiro atoms. The molecule has 0 fully saturated rings. The summed E-state index contributed by atoms with van der Waals surface area (Å²) in [6, 6.07) is 0. The van der Waals surface area contributed by atoms with E-state index < -0.39 is 8.29 Å². The second-order valence-corrected chi connectivity index (χ2v) is 6.61. The van der Waals surface area contributed by atoms with Crippen LogP contribution >= 0.6 is 0 Å². The van der Waals surface area contributed by atoms with Gasteiger partial charge in [-0.05, 0) is 12.8 Å². The fourth-order valence-corrected chi connectivity index (χ4v) is 2.55. The number of hydrogen-bond acceptors (Lipinski definition) is 4. The monoisotopic (exact) mass is 253 g/mol. The molecule has 14 heavy (non-hydrogen) atoms. The summed E-state index contributed by atoms with van der Waals surface area (Å²) < 4.78 is 5.53. The Kier molecular flexibility index (Phi) is 10.8. The van der Waals surface area contributed by atoms with Crippen molar-refractivity contribution in [3.05, 3.63) is 0 Å². The summed E-state index contributed by atoms with van der Waals surface area (Å²) in [6.07, 6.45) is 8.87. The average Bonchev–Trinajstić information content (AvgIpc) is 2.12. The Hall–Kier alpha value is 0.750. The van der Waals surface area contributed by atoms with Gasteiger partial charge in [-0.1, -0.05) is 46.0 Å². The summed E-state index contributed by atoms with van der Waals surface area (Å²) in [7, 11) is -0.688. The molecule has 0 aromatic heterocycles. The summed E-state index contributed by atoms with van der Waals surface area (Å²) in [4.78, 5) is 0. The molecule has 0 aromatic rings. The molecule has 0 aromatic carbocycles. The molecular formula is C10H21OS3-. The minimum atomic E-state index is -0.688. The van der Waals surface area contributed by atoms with Gasteiger partial charge in [0.15, 0.2) is 0 Å². The molecule has 0 aliphatic heterocycles. The molecule has 0 heterocycles. The highest BCUT2D eigenvalue weighted by Gasteiger charge is 2.03. The zero-order chi connectivity index (χ0) is 10.8. The van der Waals surface area contributed by atoms with Crippen LogP contribution in [0.15, 0.2) is 0 Å². The first kappa shape index (κ1) is 14.8. The van der Waals surface area contributed by atoms with Crippen LogP contribution in [-0.2, 0) is 34.9 Å². The van der Waals surface area contributed by atoms with Gasteiger partial charge in [0.2, 0.25) is 0 Å². The minimum Gasteiger partial charge on any atom is -0.464 e. The Morgan fingerprint density at radius 3 is 2.21 bits per heavy atom. The van der Waals surface area contributed by atoms with Crippen molar-refractivity contribution in [3.8, 4) is 0 Å². The average molecular weight is 253 g/mol. The van der Waals surface area contributed by atoms with Crippen molar-refractivity contribution in [2.24, 2.45) is 0 Å². The van der Waals surface area contributed by atoms with Crippen LogP contribution in [0, 0.1) is 0 Å². The second-order valence-electron chi connectivity index (χ2n) is 3.56. The van der Waals surface area contributed by atoms with Gasteiger partial charge in [-0.25, -0.2) is 30.7 Å². The molecule has 0 aliphatic rings. The normalized spacial score (nSPS) is 13.4. The van der Waals surface area contributed by atoms with E-state index in [-0.39, 0.29) is 0 Å². The lowest BCUT2D eigenvalue weighted by molar-refractivity contribution is 0.211. The highest BCUT2D eigenvalue weighted by atomic mass is 33.1. The van der Waals surface area contributed by atoms with Crippen LogP contribution in [0.1, 0.15) is 58.8 Å². The number of unbranched alkanes of at least 4 members (excludes halogenated alkanes) is 3. The van der Waals surface area contributed by atoms with Crippen molar-refractivity contribution in [3.63, 3.8) is 0 Å². The van der Waals surface area contributed by atoms with Gasteiger partial charge in [-0.15, -0.1) is 0 Å². The maximum atomic E-state index is 5.53. The lowest BCUT2D eigenvalue weighted by Crippen LogP contribution is -2.10. The molecule has 1 unspecified atom stereocenters. The molecule has 0 N–H and O–H groups in total. The van der Waals surface area contributed by atoms with Crippen LogP contribution in [-0.4, -0.2) is 6.10 Å². The molecule has 0 saturated heterocycles. The lowest BCUT2D eigenvalue weighted by atomic mass is 10.1. The van der Waals surface area contributed by atoms with E-state index in [1.807, 2.05) is 0 Å². The molecule has 0 saturated carbocycles. The third-order valence-corrected chi connectivity index (χ3v) is 3.11. The van der Waals surface area contributed by atoms with Gasteiger partial charge in [0.25, 0.3) is 0 Å². The first-order valence-corrected chi connectivity index (χ1v) is 8.47. The summed E-state index contributed by atoms with van der Waals surface area (Å²) in [5, 5.41) is 0. The van der Waals surface area contributed by atoms with Crippen molar-refractivity contribution >= 4 is 30.7 Å². The van der Waals surface area contributed by atoms with E-state index in [0.29, 0.717) is 6.10 Å². The third-order valence-electron chi connectivity index (χ3n) is 2.20. The highest BCUT2D eigenvalue weighted by Crippen LogP contribution is 2.12. The Labute approximate surface area is 99.7 Å². The van der Waals surface area contributed by atoms with E-state index in [9.17, 15) is 0 Å². The SMILES string of the molecule is CCCCCCC(CCC)O[S-](=S)=S. The van der Waals surface area contributed by atoms with Crippen molar-refractivity contribution in [1.29, 1.82) is 0 Å². The van der Waals surface area contributed by atoms with Gasteiger partial charge in [0.05, 0.1) is 0 Å². The maximum absolute atomic E-state index is 5.53. The standard InChI is InChI=1S/C10H21OS3/c1-3-5-6-7-9-10(8-4-2)11-14(12)13/h10H,3-9H2,1-2H3/q-1. The molecule has 4 heteroatoms.